The molecule has 0 bridgehead atoms. The Morgan fingerprint density at radius 3 is 2.89 bits per heavy atom. The van der Waals surface area contributed by atoms with Crippen molar-refractivity contribution in [2.75, 3.05) is 13.7 Å². The van der Waals surface area contributed by atoms with Crippen LogP contribution in [-0.2, 0) is 19.1 Å². The van der Waals surface area contributed by atoms with Gasteiger partial charge in [-0.3, -0.25) is 4.79 Å². The van der Waals surface area contributed by atoms with Crippen molar-refractivity contribution in [3.63, 3.8) is 0 Å². The van der Waals surface area contributed by atoms with Gasteiger partial charge < -0.3 is 14.4 Å². The van der Waals surface area contributed by atoms with Gasteiger partial charge in [0.05, 0.1) is 31.9 Å². The molecule has 2 rings (SSSR count). The molecule has 1 unspecified atom stereocenters. The molecule has 0 radical (unpaired) electrons. The van der Waals surface area contributed by atoms with Gasteiger partial charge in [-0.2, -0.15) is 0 Å². The third-order valence-electron chi connectivity index (χ3n) is 3.33. The van der Waals surface area contributed by atoms with Gasteiger partial charge >= 0.3 is 5.97 Å². The fraction of sp³-hybridized carbons (Fsp3) is 0.538. The largest absolute Gasteiger partial charge is 0.466 e. The molecule has 5 heteroatoms. The van der Waals surface area contributed by atoms with Crippen LogP contribution in [0.3, 0.4) is 0 Å². The molecule has 0 aromatic rings. The minimum Gasteiger partial charge on any atom is -0.466 e. The molecule has 0 aromatic carbocycles. The summed E-state index contributed by atoms with van der Waals surface area (Å²) in [5.74, 6) is -0.340. The molecule has 1 saturated heterocycles. The number of ether oxygens (including phenoxy) is 2. The number of hydrogen-bond acceptors (Lipinski definition) is 4. The van der Waals surface area contributed by atoms with Gasteiger partial charge in [0.2, 0.25) is 5.91 Å². The molecule has 1 aliphatic heterocycles. The third kappa shape index (κ3) is 2.18. The number of methoxy groups -OCH3 is 1. The van der Waals surface area contributed by atoms with Crippen LogP contribution in [-0.4, -0.2) is 48.7 Å². The Balaban J connectivity index is 2.14. The van der Waals surface area contributed by atoms with Crippen LogP contribution in [0.25, 0.3) is 0 Å². The molecule has 1 fully saturated rings. The highest BCUT2D eigenvalue weighted by Crippen LogP contribution is 2.41. The molecule has 1 amide bonds. The lowest BCUT2D eigenvalue weighted by molar-refractivity contribution is -0.136. The molecule has 0 N–H and O–H groups in total. The minimum atomic E-state index is -0.351. The number of nitrogens with zero attached hydrogens (tertiary/aromatic N) is 1. The van der Waals surface area contributed by atoms with E-state index in [1.165, 1.54) is 14.0 Å². The number of carbonyl (C=O) groups excluding carboxylic acids is 2. The van der Waals surface area contributed by atoms with Crippen LogP contribution in [0.15, 0.2) is 24.3 Å². The third-order valence-corrected chi connectivity index (χ3v) is 3.33. The Morgan fingerprint density at radius 1 is 1.61 bits per heavy atom. The topological polar surface area (TPSA) is 55.6 Å². The van der Waals surface area contributed by atoms with E-state index in [0.717, 1.165) is 0 Å². The zero-order valence-corrected chi connectivity index (χ0v) is 10.6. The molecule has 18 heavy (non-hydrogen) atoms. The van der Waals surface area contributed by atoms with Crippen molar-refractivity contribution in [3.8, 4) is 0 Å². The van der Waals surface area contributed by atoms with Crippen molar-refractivity contribution in [2.24, 2.45) is 0 Å². The molecule has 5 nitrogen and oxygen atoms in total. The maximum absolute atomic E-state index is 11.6. The average molecular weight is 251 g/mol. The SMILES string of the molecule is C=CCO[C@@H]1C=C(C(=O)OC)CC2[C@H]1N2C(C)=O. The van der Waals surface area contributed by atoms with Crippen LogP contribution in [0.1, 0.15) is 13.3 Å². The average Bonchev–Trinajstić information content (AvgIpc) is 3.09. The maximum atomic E-state index is 11.6. The number of amides is 1. The van der Waals surface area contributed by atoms with Crippen LogP contribution in [0.2, 0.25) is 0 Å². The Hall–Kier alpha value is -1.62. The van der Waals surface area contributed by atoms with E-state index in [-0.39, 0.29) is 30.1 Å². The van der Waals surface area contributed by atoms with Gasteiger partial charge in [-0.25, -0.2) is 4.79 Å². The molecule has 3 atom stereocenters. The van der Waals surface area contributed by atoms with Gasteiger partial charge in [-0.05, 0) is 6.08 Å². The molecule has 98 valence electrons. The standard InChI is InChI=1S/C13H17NO4/c1-4-5-18-11-7-9(13(16)17-3)6-10-12(11)14(10)8(2)15/h4,7,10-12H,1,5-6H2,2-3H3/t10?,11-,12-,14?/m1/s1. The zero-order valence-electron chi connectivity index (χ0n) is 10.6. The Bertz CT molecular complexity index is 415. The number of hydrogen-bond donors (Lipinski definition) is 0. The molecule has 1 aliphatic carbocycles. The lowest BCUT2D eigenvalue weighted by atomic mass is 9.97. The first-order valence-corrected chi connectivity index (χ1v) is 5.90. The van der Waals surface area contributed by atoms with E-state index in [1.807, 2.05) is 0 Å². The van der Waals surface area contributed by atoms with Gasteiger partial charge in [0.1, 0.15) is 0 Å². The predicted octanol–water partition coefficient (Wildman–Crippen LogP) is 0.660. The summed E-state index contributed by atoms with van der Waals surface area (Å²) >= 11 is 0. The number of carbonyl (C=O) groups is 2. The van der Waals surface area contributed by atoms with E-state index in [9.17, 15) is 9.59 Å². The van der Waals surface area contributed by atoms with Crippen molar-refractivity contribution in [2.45, 2.75) is 31.5 Å². The van der Waals surface area contributed by atoms with E-state index in [0.29, 0.717) is 18.6 Å². The minimum absolute atomic E-state index is 0.0109. The second kappa shape index (κ2) is 4.94. The Labute approximate surface area is 106 Å². The van der Waals surface area contributed by atoms with Gasteiger partial charge in [0, 0.05) is 18.9 Å². The fourth-order valence-corrected chi connectivity index (χ4v) is 2.54. The number of esters is 1. The first kappa shape index (κ1) is 12.8. The summed E-state index contributed by atoms with van der Waals surface area (Å²) in [7, 11) is 1.35. The van der Waals surface area contributed by atoms with Gasteiger partial charge in [0.15, 0.2) is 0 Å². The molecular weight excluding hydrogens is 234 g/mol. The van der Waals surface area contributed by atoms with Crippen molar-refractivity contribution in [3.05, 3.63) is 24.3 Å². The monoisotopic (exact) mass is 251 g/mol. The van der Waals surface area contributed by atoms with E-state index in [1.54, 1.807) is 17.1 Å². The summed E-state index contributed by atoms with van der Waals surface area (Å²) in [6.07, 6.45) is 3.71. The van der Waals surface area contributed by atoms with Crippen LogP contribution >= 0.6 is 0 Å². The summed E-state index contributed by atoms with van der Waals surface area (Å²) in [6, 6.07) is 0.118. The second-order valence-electron chi connectivity index (χ2n) is 4.46. The zero-order chi connectivity index (χ0) is 13.3. The Morgan fingerprint density at radius 2 is 2.33 bits per heavy atom. The number of rotatable bonds is 4. The quantitative estimate of drug-likeness (QED) is 0.418. The predicted molar refractivity (Wildman–Crippen MR) is 64.7 cm³/mol. The van der Waals surface area contributed by atoms with Gasteiger partial charge in [-0.15, -0.1) is 6.58 Å². The summed E-state index contributed by atoms with van der Waals surface area (Å²) in [4.78, 5) is 24.8. The van der Waals surface area contributed by atoms with Crippen LogP contribution in [0.4, 0.5) is 0 Å². The first-order chi connectivity index (χ1) is 8.60. The normalized spacial score (nSPS) is 29.1. The molecule has 1 heterocycles. The number of fused-ring (bicyclic) bond motifs is 1. The van der Waals surface area contributed by atoms with Crippen LogP contribution in [0, 0.1) is 0 Å². The summed E-state index contributed by atoms with van der Waals surface area (Å²) in [5, 5.41) is 0. The summed E-state index contributed by atoms with van der Waals surface area (Å²) in [5.41, 5.74) is 0.580. The molecule has 0 saturated carbocycles. The fourth-order valence-electron chi connectivity index (χ4n) is 2.54. The van der Waals surface area contributed by atoms with E-state index in [4.69, 9.17) is 9.47 Å². The second-order valence-corrected chi connectivity index (χ2v) is 4.46. The van der Waals surface area contributed by atoms with Crippen molar-refractivity contribution in [1.29, 1.82) is 0 Å². The Kier molecular flexibility index (Phi) is 3.52. The van der Waals surface area contributed by atoms with E-state index < -0.39 is 0 Å². The van der Waals surface area contributed by atoms with Crippen LogP contribution < -0.4 is 0 Å². The first-order valence-electron chi connectivity index (χ1n) is 5.90. The summed E-state index contributed by atoms with van der Waals surface area (Å²) in [6.45, 7) is 5.51. The molecule has 0 spiro atoms. The highest BCUT2D eigenvalue weighted by molar-refractivity contribution is 5.90. The molecule has 2 aliphatic rings. The van der Waals surface area contributed by atoms with Crippen molar-refractivity contribution < 1.29 is 19.1 Å². The highest BCUT2D eigenvalue weighted by atomic mass is 16.5. The summed E-state index contributed by atoms with van der Waals surface area (Å²) < 4.78 is 10.3. The molecule has 0 aromatic heterocycles. The highest BCUT2D eigenvalue weighted by Gasteiger charge is 2.56. The lowest BCUT2D eigenvalue weighted by Gasteiger charge is -2.17. The maximum Gasteiger partial charge on any atom is 0.333 e. The molecular formula is C13H17NO4. The van der Waals surface area contributed by atoms with Gasteiger partial charge in [0.25, 0.3) is 0 Å². The van der Waals surface area contributed by atoms with Gasteiger partial charge in [-0.1, -0.05) is 6.08 Å². The van der Waals surface area contributed by atoms with Crippen LogP contribution in [0.5, 0.6) is 0 Å². The van der Waals surface area contributed by atoms with E-state index in [2.05, 4.69) is 6.58 Å². The van der Waals surface area contributed by atoms with Crippen molar-refractivity contribution in [1.82, 2.24) is 4.90 Å². The smallest absolute Gasteiger partial charge is 0.333 e. The lowest BCUT2D eigenvalue weighted by Crippen LogP contribution is -2.27. The van der Waals surface area contributed by atoms with E-state index >= 15 is 0 Å². The van der Waals surface area contributed by atoms with Crippen molar-refractivity contribution >= 4 is 11.9 Å².